The van der Waals surface area contributed by atoms with Crippen molar-refractivity contribution in [2.24, 2.45) is 0 Å². The number of hydrogen-bond acceptors (Lipinski definition) is 5. The van der Waals surface area contributed by atoms with Crippen LogP contribution in [0.1, 0.15) is 40.3 Å². The molecule has 0 unspecified atom stereocenters. The number of rotatable bonds is 9. The highest BCUT2D eigenvalue weighted by atomic mass is 35.5. The van der Waals surface area contributed by atoms with Gasteiger partial charge in [0.25, 0.3) is 11.8 Å². The van der Waals surface area contributed by atoms with E-state index in [1.807, 2.05) is 0 Å². The van der Waals surface area contributed by atoms with Crippen LogP contribution >= 0.6 is 11.6 Å². The number of anilines is 1. The normalized spacial score (nSPS) is 11.4. The Labute approximate surface area is 197 Å². The Hall–Kier alpha value is -3.14. The van der Waals surface area contributed by atoms with Crippen molar-refractivity contribution < 1.29 is 22.4 Å². The zero-order valence-corrected chi connectivity index (χ0v) is 19.7. The Morgan fingerprint density at radius 2 is 1.70 bits per heavy atom. The van der Waals surface area contributed by atoms with E-state index < -0.39 is 15.9 Å². The predicted octanol–water partition coefficient (Wildman–Crippen LogP) is 4.15. The molecule has 8 nitrogen and oxygen atoms in total. The molecule has 2 aromatic carbocycles. The molecular weight excluding hydrogens is 466 g/mol. The SMILES string of the molecule is CCN(CC)S(=O)(=O)c1cc(C(=O)NCc2ccc(NC(=O)c3ccco3)cc2)ccc1Cl. The summed E-state index contributed by atoms with van der Waals surface area (Å²) in [6.45, 7) is 4.28. The second-order valence-electron chi connectivity index (χ2n) is 7.05. The molecule has 0 fully saturated rings. The summed E-state index contributed by atoms with van der Waals surface area (Å²) in [4.78, 5) is 24.5. The minimum atomic E-state index is -3.81. The maximum atomic E-state index is 12.8. The second-order valence-corrected chi connectivity index (χ2v) is 9.36. The zero-order valence-electron chi connectivity index (χ0n) is 18.2. The van der Waals surface area contributed by atoms with Crippen LogP contribution in [0.5, 0.6) is 0 Å². The molecule has 0 spiro atoms. The number of carbonyl (C=O) groups is 2. The lowest BCUT2D eigenvalue weighted by Gasteiger charge is -2.19. The van der Waals surface area contributed by atoms with Crippen LogP contribution in [0, 0.1) is 0 Å². The minimum absolute atomic E-state index is 0.0608. The molecular formula is C23H24ClN3O5S. The van der Waals surface area contributed by atoms with Gasteiger partial charge in [-0.15, -0.1) is 0 Å². The van der Waals surface area contributed by atoms with Gasteiger partial charge in [-0.05, 0) is 48.0 Å². The van der Waals surface area contributed by atoms with Crippen LogP contribution in [-0.2, 0) is 16.6 Å². The van der Waals surface area contributed by atoms with Crippen molar-refractivity contribution >= 4 is 39.1 Å². The molecule has 0 aliphatic heterocycles. The number of hydrogen-bond donors (Lipinski definition) is 2. The maximum Gasteiger partial charge on any atom is 0.291 e. The summed E-state index contributed by atoms with van der Waals surface area (Å²) in [6, 6.07) is 14.3. The van der Waals surface area contributed by atoms with E-state index in [9.17, 15) is 18.0 Å². The molecule has 0 saturated carbocycles. The number of nitrogens with one attached hydrogen (secondary N) is 2. The average molecular weight is 490 g/mol. The smallest absolute Gasteiger partial charge is 0.291 e. The van der Waals surface area contributed by atoms with Crippen LogP contribution in [0.2, 0.25) is 5.02 Å². The van der Waals surface area contributed by atoms with Crippen LogP contribution in [0.4, 0.5) is 5.69 Å². The van der Waals surface area contributed by atoms with Gasteiger partial charge >= 0.3 is 0 Å². The maximum absolute atomic E-state index is 12.8. The fourth-order valence-electron chi connectivity index (χ4n) is 3.14. The first-order valence-electron chi connectivity index (χ1n) is 10.3. The average Bonchev–Trinajstić information content (AvgIpc) is 3.34. The van der Waals surface area contributed by atoms with Gasteiger partial charge in [0.05, 0.1) is 11.3 Å². The first-order chi connectivity index (χ1) is 15.8. The Bertz CT molecular complexity index is 1220. The summed E-state index contributed by atoms with van der Waals surface area (Å²) in [5.41, 5.74) is 1.56. The van der Waals surface area contributed by atoms with Crippen molar-refractivity contribution in [2.75, 3.05) is 18.4 Å². The van der Waals surface area contributed by atoms with Gasteiger partial charge in [0, 0.05) is 30.9 Å². The summed E-state index contributed by atoms with van der Waals surface area (Å²) < 4.78 is 32.0. The molecule has 0 aliphatic rings. The molecule has 33 heavy (non-hydrogen) atoms. The van der Waals surface area contributed by atoms with Crippen molar-refractivity contribution in [1.82, 2.24) is 9.62 Å². The number of benzene rings is 2. The lowest BCUT2D eigenvalue weighted by molar-refractivity contribution is 0.0949. The van der Waals surface area contributed by atoms with Crippen molar-refractivity contribution in [3.05, 3.63) is 82.8 Å². The molecule has 1 heterocycles. The molecule has 3 aromatic rings. The van der Waals surface area contributed by atoms with Gasteiger partial charge in [0.1, 0.15) is 4.90 Å². The van der Waals surface area contributed by atoms with Crippen LogP contribution in [0.3, 0.4) is 0 Å². The van der Waals surface area contributed by atoms with Gasteiger partial charge in [-0.1, -0.05) is 37.6 Å². The lowest BCUT2D eigenvalue weighted by Crippen LogP contribution is -2.31. The number of amides is 2. The number of nitrogens with zero attached hydrogens (tertiary/aromatic N) is 1. The van der Waals surface area contributed by atoms with E-state index in [2.05, 4.69) is 10.6 Å². The van der Waals surface area contributed by atoms with Gasteiger partial charge in [0.15, 0.2) is 5.76 Å². The monoisotopic (exact) mass is 489 g/mol. The Morgan fingerprint density at radius 3 is 2.30 bits per heavy atom. The first kappa shape index (κ1) is 24.5. The third-order valence-corrected chi connectivity index (χ3v) is 7.46. The number of sulfonamides is 1. The number of halogens is 1. The summed E-state index contributed by atoms with van der Waals surface area (Å²) in [5.74, 6) is -0.589. The number of carbonyl (C=O) groups excluding carboxylic acids is 2. The number of furan rings is 1. The Kier molecular flexibility index (Phi) is 7.91. The van der Waals surface area contributed by atoms with Gasteiger partial charge < -0.3 is 15.1 Å². The molecule has 1 aromatic heterocycles. The molecule has 0 bridgehead atoms. The minimum Gasteiger partial charge on any atom is -0.459 e. The van der Waals surface area contributed by atoms with Crippen LogP contribution in [0.25, 0.3) is 0 Å². The van der Waals surface area contributed by atoms with Gasteiger partial charge in [-0.25, -0.2) is 8.42 Å². The van der Waals surface area contributed by atoms with E-state index in [1.165, 1.54) is 28.8 Å². The standard InChI is InChI=1S/C23H24ClN3O5S/c1-3-27(4-2)33(30,31)21-14-17(9-12-19(21)24)22(28)25-15-16-7-10-18(11-8-16)26-23(29)20-6-5-13-32-20/h5-14H,3-4,15H2,1-2H3,(H,25,28)(H,26,29). The van der Waals surface area contributed by atoms with Crippen molar-refractivity contribution in [2.45, 2.75) is 25.3 Å². The molecule has 0 atom stereocenters. The zero-order chi connectivity index (χ0) is 24.0. The molecule has 0 radical (unpaired) electrons. The fraction of sp³-hybridized carbons (Fsp3) is 0.217. The van der Waals surface area contributed by atoms with E-state index in [1.54, 1.807) is 50.2 Å². The van der Waals surface area contributed by atoms with Gasteiger partial charge in [-0.3, -0.25) is 9.59 Å². The summed E-state index contributed by atoms with van der Waals surface area (Å²) in [5, 5.41) is 5.53. The summed E-state index contributed by atoms with van der Waals surface area (Å²) in [6.07, 6.45) is 1.42. The van der Waals surface area contributed by atoms with E-state index in [0.29, 0.717) is 18.8 Å². The predicted molar refractivity (Wildman–Crippen MR) is 126 cm³/mol. The fourth-order valence-corrected chi connectivity index (χ4v) is 5.09. The molecule has 2 amide bonds. The van der Waals surface area contributed by atoms with Crippen molar-refractivity contribution in [1.29, 1.82) is 0 Å². The third kappa shape index (κ3) is 5.81. The van der Waals surface area contributed by atoms with Gasteiger partial charge in [0.2, 0.25) is 10.0 Å². The van der Waals surface area contributed by atoms with E-state index in [-0.39, 0.29) is 33.7 Å². The summed E-state index contributed by atoms with van der Waals surface area (Å²) >= 11 is 6.13. The molecule has 0 saturated heterocycles. The van der Waals surface area contributed by atoms with Crippen LogP contribution in [-0.4, -0.2) is 37.6 Å². The van der Waals surface area contributed by atoms with E-state index in [4.69, 9.17) is 16.0 Å². The highest BCUT2D eigenvalue weighted by molar-refractivity contribution is 7.89. The molecule has 174 valence electrons. The molecule has 3 rings (SSSR count). The quantitative estimate of drug-likeness (QED) is 0.469. The van der Waals surface area contributed by atoms with Crippen LogP contribution < -0.4 is 10.6 Å². The van der Waals surface area contributed by atoms with Gasteiger partial charge in [-0.2, -0.15) is 4.31 Å². The van der Waals surface area contributed by atoms with Crippen LogP contribution in [0.15, 0.2) is 70.2 Å². The lowest BCUT2D eigenvalue weighted by atomic mass is 10.1. The molecule has 0 aliphatic carbocycles. The highest BCUT2D eigenvalue weighted by Gasteiger charge is 2.25. The van der Waals surface area contributed by atoms with E-state index in [0.717, 1.165) is 5.56 Å². The van der Waals surface area contributed by atoms with Crippen molar-refractivity contribution in [3.63, 3.8) is 0 Å². The molecule has 2 N–H and O–H groups in total. The molecule has 10 heteroatoms. The Morgan fingerprint density at radius 1 is 1.00 bits per heavy atom. The topological polar surface area (TPSA) is 109 Å². The summed E-state index contributed by atoms with van der Waals surface area (Å²) in [7, 11) is -3.81. The van der Waals surface area contributed by atoms with E-state index >= 15 is 0 Å². The first-order valence-corrected chi connectivity index (χ1v) is 12.1. The third-order valence-electron chi connectivity index (χ3n) is 4.93. The second kappa shape index (κ2) is 10.7. The highest BCUT2D eigenvalue weighted by Crippen LogP contribution is 2.26. The van der Waals surface area contributed by atoms with Crippen molar-refractivity contribution in [3.8, 4) is 0 Å². The Balaban J connectivity index is 1.65. The largest absolute Gasteiger partial charge is 0.459 e.